The summed E-state index contributed by atoms with van der Waals surface area (Å²) in [6.45, 7) is 2.10. The Hall–Kier alpha value is -2.17. The molecule has 0 fully saturated rings. The van der Waals surface area contributed by atoms with E-state index < -0.39 is 0 Å². The van der Waals surface area contributed by atoms with Crippen molar-refractivity contribution >= 4 is 15.9 Å². The van der Waals surface area contributed by atoms with Crippen LogP contribution in [0.3, 0.4) is 0 Å². The van der Waals surface area contributed by atoms with Crippen molar-refractivity contribution in [1.82, 2.24) is 10.3 Å². The number of ether oxygens (including phenoxy) is 1. The number of halogens is 1. The van der Waals surface area contributed by atoms with Crippen LogP contribution in [-0.2, 0) is 19.7 Å². The number of pyridine rings is 1. The molecule has 0 aliphatic heterocycles. The van der Waals surface area contributed by atoms with Crippen molar-refractivity contribution in [2.75, 3.05) is 0 Å². The Morgan fingerprint density at radius 3 is 2.50 bits per heavy atom. The number of para-hydroxylation sites is 1. The molecule has 0 spiro atoms. The molecule has 24 heavy (non-hydrogen) atoms. The van der Waals surface area contributed by atoms with Gasteiger partial charge in [0.25, 0.3) is 0 Å². The lowest BCUT2D eigenvalue weighted by Crippen LogP contribution is -2.13. The van der Waals surface area contributed by atoms with E-state index in [0.29, 0.717) is 6.61 Å². The third kappa shape index (κ3) is 4.91. The van der Waals surface area contributed by atoms with Crippen molar-refractivity contribution in [2.24, 2.45) is 0 Å². The van der Waals surface area contributed by atoms with E-state index in [1.165, 1.54) is 5.56 Å². The van der Waals surface area contributed by atoms with E-state index in [9.17, 15) is 0 Å². The Morgan fingerprint density at radius 1 is 0.875 bits per heavy atom. The number of hydrogen-bond acceptors (Lipinski definition) is 3. The third-order valence-corrected chi connectivity index (χ3v) is 4.18. The Labute approximate surface area is 150 Å². The minimum absolute atomic E-state index is 0.562. The van der Waals surface area contributed by atoms with Gasteiger partial charge in [0.05, 0.1) is 0 Å². The second-order valence-corrected chi connectivity index (χ2v) is 6.40. The number of aromatic nitrogens is 1. The second kappa shape index (κ2) is 8.62. The number of nitrogens with zero attached hydrogens (tertiary/aromatic N) is 1. The highest BCUT2D eigenvalue weighted by molar-refractivity contribution is 9.10. The van der Waals surface area contributed by atoms with E-state index in [0.717, 1.165) is 34.4 Å². The minimum atomic E-state index is 0.562. The van der Waals surface area contributed by atoms with Crippen LogP contribution in [0.25, 0.3) is 0 Å². The van der Waals surface area contributed by atoms with E-state index in [2.05, 4.69) is 50.5 Å². The van der Waals surface area contributed by atoms with Gasteiger partial charge in [0, 0.05) is 35.5 Å². The van der Waals surface area contributed by atoms with Gasteiger partial charge in [-0.15, -0.1) is 0 Å². The molecule has 1 aromatic heterocycles. The van der Waals surface area contributed by atoms with Gasteiger partial charge in [-0.1, -0.05) is 52.3 Å². The average Bonchev–Trinajstić information content (AvgIpc) is 2.63. The number of rotatable bonds is 7. The van der Waals surface area contributed by atoms with Crippen LogP contribution in [0.2, 0.25) is 0 Å². The van der Waals surface area contributed by atoms with Crippen LogP contribution in [0.5, 0.6) is 5.75 Å². The van der Waals surface area contributed by atoms with E-state index in [1.807, 2.05) is 42.6 Å². The smallest absolute Gasteiger partial charge is 0.124 e. The number of nitrogens with one attached hydrogen (secondary N) is 1. The fourth-order valence-electron chi connectivity index (χ4n) is 2.38. The first-order chi connectivity index (χ1) is 11.8. The summed E-state index contributed by atoms with van der Waals surface area (Å²) >= 11 is 3.45. The lowest BCUT2D eigenvalue weighted by Gasteiger charge is -2.12. The van der Waals surface area contributed by atoms with Crippen LogP contribution in [0.1, 0.15) is 16.7 Å². The molecule has 0 unspecified atom stereocenters. The Morgan fingerprint density at radius 2 is 1.71 bits per heavy atom. The van der Waals surface area contributed by atoms with Crippen LogP contribution < -0.4 is 10.1 Å². The Balaban J connectivity index is 1.57. The molecule has 0 bridgehead atoms. The molecular weight excluding hydrogens is 364 g/mol. The molecule has 3 rings (SSSR count). The standard InChI is InChI=1S/C20H19BrN2O/c21-19-9-7-16(8-10-19)15-24-20-6-2-1-5-18(20)14-23-13-17-4-3-11-22-12-17/h1-12,23H,13-15H2. The van der Waals surface area contributed by atoms with Gasteiger partial charge in [-0.05, 0) is 35.4 Å². The van der Waals surface area contributed by atoms with Gasteiger partial charge < -0.3 is 10.1 Å². The molecule has 0 aliphatic rings. The summed E-state index contributed by atoms with van der Waals surface area (Å²) in [6.07, 6.45) is 3.66. The molecule has 0 amide bonds. The summed E-state index contributed by atoms with van der Waals surface area (Å²) in [6, 6.07) is 20.3. The first-order valence-electron chi connectivity index (χ1n) is 7.86. The molecule has 4 heteroatoms. The van der Waals surface area contributed by atoms with E-state index in [4.69, 9.17) is 4.74 Å². The Bertz CT molecular complexity index is 760. The molecule has 1 N–H and O–H groups in total. The maximum Gasteiger partial charge on any atom is 0.124 e. The van der Waals surface area contributed by atoms with Crippen molar-refractivity contribution < 1.29 is 4.74 Å². The molecule has 3 aromatic rings. The van der Waals surface area contributed by atoms with Gasteiger partial charge in [-0.3, -0.25) is 4.98 Å². The number of benzene rings is 2. The van der Waals surface area contributed by atoms with Crippen LogP contribution in [0.15, 0.2) is 77.5 Å². The van der Waals surface area contributed by atoms with Crippen molar-refractivity contribution in [3.05, 3.63) is 94.2 Å². The zero-order valence-electron chi connectivity index (χ0n) is 13.3. The molecule has 1 heterocycles. The first-order valence-corrected chi connectivity index (χ1v) is 8.65. The van der Waals surface area contributed by atoms with Crippen LogP contribution in [0, 0.1) is 0 Å². The van der Waals surface area contributed by atoms with Crippen LogP contribution in [-0.4, -0.2) is 4.98 Å². The monoisotopic (exact) mass is 382 g/mol. The maximum atomic E-state index is 6.00. The number of hydrogen-bond donors (Lipinski definition) is 1. The summed E-state index contributed by atoms with van der Waals surface area (Å²) in [5.74, 6) is 0.916. The lowest BCUT2D eigenvalue weighted by atomic mass is 10.2. The van der Waals surface area contributed by atoms with Gasteiger partial charge in [0.2, 0.25) is 0 Å². The van der Waals surface area contributed by atoms with Gasteiger partial charge in [-0.2, -0.15) is 0 Å². The van der Waals surface area contributed by atoms with Crippen LogP contribution >= 0.6 is 15.9 Å². The summed E-state index contributed by atoms with van der Waals surface area (Å²) in [5.41, 5.74) is 3.47. The fourth-order valence-corrected chi connectivity index (χ4v) is 2.64. The van der Waals surface area contributed by atoms with Crippen molar-refractivity contribution in [3.8, 4) is 5.75 Å². The molecule has 0 aliphatic carbocycles. The maximum absolute atomic E-state index is 6.00. The first kappa shape index (κ1) is 16.7. The third-order valence-electron chi connectivity index (χ3n) is 3.65. The average molecular weight is 383 g/mol. The van der Waals surface area contributed by atoms with E-state index in [-0.39, 0.29) is 0 Å². The predicted molar refractivity (Wildman–Crippen MR) is 99.7 cm³/mol. The largest absolute Gasteiger partial charge is 0.489 e. The van der Waals surface area contributed by atoms with Gasteiger partial charge >= 0.3 is 0 Å². The SMILES string of the molecule is Brc1ccc(COc2ccccc2CNCc2cccnc2)cc1. The molecule has 2 aromatic carbocycles. The molecule has 0 saturated carbocycles. The molecule has 0 radical (unpaired) electrons. The van der Waals surface area contributed by atoms with Crippen molar-refractivity contribution in [3.63, 3.8) is 0 Å². The molecule has 3 nitrogen and oxygen atoms in total. The van der Waals surface area contributed by atoms with Gasteiger partial charge in [0.1, 0.15) is 12.4 Å². The second-order valence-electron chi connectivity index (χ2n) is 5.49. The fraction of sp³-hybridized carbons (Fsp3) is 0.150. The highest BCUT2D eigenvalue weighted by Crippen LogP contribution is 2.20. The van der Waals surface area contributed by atoms with Crippen LogP contribution in [0.4, 0.5) is 0 Å². The Kier molecular flexibility index (Phi) is 5.99. The van der Waals surface area contributed by atoms with Crippen molar-refractivity contribution in [2.45, 2.75) is 19.7 Å². The highest BCUT2D eigenvalue weighted by Gasteiger charge is 2.03. The zero-order chi connectivity index (χ0) is 16.6. The molecule has 0 atom stereocenters. The summed E-state index contributed by atoms with van der Waals surface area (Å²) < 4.78 is 7.07. The topological polar surface area (TPSA) is 34.1 Å². The van der Waals surface area contributed by atoms with Gasteiger partial charge in [0.15, 0.2) is 0 Å². The van der Waals surface area contributed by atoms with Gasteiger partial charge in [-0.25, -0.2) is 0 Å². The zero-order valence-corrected chi connectivity index (χ0v) is 14.9. The highest BCUT2D eigenvalue weighted by atomic mass is 79.9. The molecule has 0 saturated heterocycles. The summed E-state index contributed by atoms with van der Waals surface area (Å²) in [5, 5.41) is 3.44. The normalized spacial score (nSPS) is 10.5. The minimum Gasteiger partial charge on any atom is -0.489 e. The van der Waals surface area contributed by atoms with E-state index in [1.54, 1.807) is 6.20 Å². The molecule has 122 valence electrons. The summed E-state index contributed by atoms with van der Waals surface area (Å²) in [7, 11) is 0. The van der Waals surface area contributed by atoms with E-state index >= 15 is 0 Å². The summed E-state index contributed by atoms with van der Waals surface area (Å²) in [4.78, 5) is 4.13. The lowest BCUT2D eigenvalue weighted by molar-refractivity contribution is 0.302. The predicted octanol–water partition coefficient (Wildman–Crippen LogP) is 4.71. The molecular formula is C20H19BrN2O. The quantitative estimate of drug-likeness (QED) is 0.642. The van der Waals surface area contributed by atoms with Crippen molar-refractivity contribution in [1.29, 1.82) is 0 Å².